The van der Waals surface area contributed by atoms with Crippen LogP contribution in [-0.2, 0) is 0 Å². The molecule has 0 saturated carbocycles. The summed E-state index contributed by atoms with van der Waals surface area (Å²) in [6.45, 7) is 0. The van der Waals surface area contributed by atoms with Crippen LogP contribution in [0.25, 0.3) is 22.4 Å². The quantitative estimate of drug-likeness (QED) is 0.444. The van der Waals surface area contributed by atoms with Gasteiger partial charge in [0.15, 0.2) is 11.6 Å². The van der Waals surface area contributed by atoms with Gasteiger partial charge in [-0.15, -0.1) is 5.10 Å². The first-order valence-corrected chi connectivity index (χ1v) is 8.72. The van der Waals surface area contributed by atoms with Crippen LogP contribution in [0.15, 0.2) is 36.4 Å². The summed E-state index contributed by atoms with van der Waals surface area (Å²) < 4.78 is 36.1. The SMILES string of the molecule is COc1ccc(-c2nc(NC(=O)c3ccc4nc(C(F)F)[nH]c4c3)n[nH]2)c(OC)c1. The van der Waals surface area contributed by atoms with Gasteiger partial charge in [-0.1, -0.05) is 0 Å². The minimum Gasteiger partial charge on any atom is -0.497 e. The number of hydrogen-bond acceptors (Lipinski definition) is 6. The maximum atomic E-state index is 12.8. The van der Waals surface area contributed by atoms with E-state index in [1.807, 2.05) is 0 Å². The number of rotatable bonds is 6. The van der Waals surface area contributed by atoms with E-state index in [0.717, 1.165) is 0 Å². The molecule has 0 bridgehead atoms. The number of fused-ring (bicyclic) bond motifs is 1. The highest BCUT2D eigenvalue weighted by Gasteiger charge is 2.16. The first-order valence-electron chi connectivity index (χ1n) is 8.72. The molecule has 3 N–H and O–H groups in total. The number of carbonyl (C=O) groups is 1. The summed E-state index contributed by atoms with van der Waals surface area (Å²) in [6, 6.07) is 9.58. The van der Waals surface area contributed by atoms with Crippen LogP contribution in [0.1, 0.15) is 22.6 Å². The number of nitrogens with zero attached hydrogens (tertiary/aromatic N) is 3. The number of amides is 1. The van der Waals surface area contributed by atoms with Crippen LogP contribution in [-0.4, -0.2) is 45.3 Å². The van der Waals surface area contributed by atoms with E-state index >= 15 is 0 Å². The number of carbonyl (C=O) groups excluding carboxylic acids is 1. The van der Waals surface area contributed by atoms with E-state index in [-0.39, 0.29) is 11.5 Å². The third-order valence-electron chi connectivity index (χ3n) is 4.34. The Kier molecular flexibility index (Phi) is 5.00. The van der Waals surface area contributed by atoms with E-state index in [1.165, 1.54) is 25.3 Å². The summed E-state index contributed by atoms with van der Waals surface area (Å²) in [7, 11) is 3.06. The minimum absolute atomic E-state index is 0.0471. The van der Waals surface area contributed by atoms with Crippen molar-refractivity contribution in [3.63, 3.8) is 0 Å². The van der Waals surface area contributed by atoms with Gasteiger partial charge in [0.1, 0.15) is 11.5 Å². The molecule has 0 spiro atoms. The second-order valence-corrected chi connectivity index (χ2v) is 6.18. The Balaban J connectivity index is 1.55. The fraction of sp³-hybridized carbons (Fsp3) is 0.158. The number of ether oxygens (including phenoxy) is 2. The molecule has 0 aliphatic rings. The van der Waals surface area contributed by atoms with E-state index in [2.05, 4.69) is 30.5 Å². The molecule has 2 aromatic heterocycles. The molecule has 4 aromatic rings. The molecule has 9 nitrogen and oxygen atoms in total. The zero-order chi connectivity index (χ0) is 21.3. The average molecular weight is 414 g/mol. The van der Waals surface area contributed by atoms with Crippen LogP contribution in [0.3, 0.4) is 0 Å². The fourth-order valence-corrected chi connectivity index (χ4v) is 2.88. The molecule has 0 aliphatic carbocycles. The summed E-state index contributed by atoms with van der Waals surface area (Å²) in [6.07, 6.45) is -2.73. The predicted molar refractivity (Wildman–Crippen MR) is 104 cm³/mol. The van der Waals surface area contributed by atoms with Crippen molar-refractivity contribution in [1.82, 2.24) is 25.1 Å². The molecular formula is C19H16F2N6O3. The largest absolute Gasteiger partial charge is 0.497 e. The molecule has 0 fully saturated rings. The van der Waals surface area contributed by atoms with Crippen LogP contribution in [0, 0.1) is 0 Å². The van der Waals surface area contributed by atoms with Crippen molar-refractivity contribution < 1.29 is 23.0 Å². The molecular weight excluding hydrogens is 398 g/mol. The second kappa shape index (κ2) is 7.78. The molecule has 0 radical (unpaired) electrons. The zero-order valence-corrected chi connectivity index (χ0v) is 15.9. The molecule has 1 amide bonds. The van der Waals surface area contributed by atoms with Crippen molar-refractivity contribution in [3.05, 3.63) is 47.8 Å². The number of imidazole rings is 1. The Labute approximate surface area is 168 Å². The Morgan fingerprint density at radius 3 is 2.67 bits per heavy atom. The van der Waals surface area contributed by atoms with Gasteiger partial charge in [-0.25, -0.2) is 13.8 Å². The maximum absolute atomic E-state index is 12.8. The van der Waals surface area contributed by atoms with Gasteiger partial charge in [0.25, 0.3) is 12.3 Å². The number of halogens is 2. The van der Waals surface area contributed by atoms with Gasteiger partial charge >= 0.3 is 0 Å². The number of methoxy groups -OCH3 is 2. The lowest BCUT2D eigenvalue weighted by Crippen LogP contribution is -2.12. The first-order chi connectivity index (χ1) is 14.5. The molecule has 154 valence electrons. The van der Waals surface area contributed by atoms with Gasteiger partial charge in [-0.05, 0) is 30.3 Å². The molecule has 0 unspecified atom stereocenters. The standard InChI is InChI=1S/C19H16F2N6O3/c1-29-10-4-5-11(14(8-10)30-2)16-24-19(27-26-16)25-18(28)9-3-6-12-13(7-9)23-17(22-12)15(20)21/h3-8,15H,1-2H3,(H,22,23)(H2,24,25,26,27,28). The lowest BCUT2D eigenvalue weighted by atomic mass is 10.2. The molecule has 2 heterocycles. The Bertz CT molecular complexity index is 1220. The maximum Gasteiger partial charge on any atom is 0.295 e. The van der Waals surface area contributed by atoms with Crippen LogP contribution in [0.4, 0.5) is 14.7 Å². The third-order valence-corrected chi connectivity index (χ3v) is 4.34. The van der Waals surface area contributed by atoms with Crippen LogP contribution < -0.4 is 14.8 Å². The molecule has 0 aliphatic heterocycles. The highest BCUT2D eigenvalue weighted by atomic mass is 19.3. The summed E-state index contributed by atoms with van der Waals surface area (Å²) in [5, 5.41) is 9.29. The van der Waals surface area contributed by atoms with E-state index in [4.69, 9.17) is 9.47 Å². The van der Waals surface area contributed by atoms with E-state index in [9.17, 15) is 13.6 Å². The number of hydrogen-bond donors (Lipinski definition) is 3. The number of anilines is 1. The number of aromatic amines is 2. The fourth-order valence-electron chi connectivity index (χ4n) is 2.88. The van der Waals surface area contributed by atoms with Crippen LogP contribution >= 0.6 is 0 Å². The van der Waals surface area contributed by atoms with Crippen molar-refractivity contribution in [2.45, 2.75) is 6.43 Å². The smallest absolute Gasteiger partial charge is 0.295 e. The van der Waals surface area contributed by atoms with Gasteiger partial charge < -0.3 is 14.5 Å². The molecule has 4 rings (SSSR count). The normalized spacial score (nSPS) is 11.1. The Morgan fingerprint density at radius 2 is 1.93 bits per heavy atom. The Morgan fingerprint density at radius 1 is 1.10 bits per heavy atom. The summed E-state index contributed by atoms with van der Waals surface area (Å²) in [5.74, 6) is 0.615. The number of nitrogens with one attached hydrogen (secondary N) is 3. The molecule has 2 aromatic carbocycles. The number of aromatic nitrogens is 5. The molecule has 0 saturated heterocycles. The topological polar surface area (TPSA) is 118 Å². The minimum atomic E-state index is -2.73. The van der Waals surface area contributed by atoms with Gasteiger partial charge in [0.2, 0.25) is 5.95 Å². The first kappa shape index (κ1) is 19.3. The van der Waals surface area contributed by atoms with Gasteiger partial charge in [-0.2, -0.15) is 4.98 Å². The van der Waals surface area contributed by atoms with Crippen molar-refractivity contribution in [2.75, 3.05) is 19.5 Å². The lowest BCUT2D eigenvalue weighted by Gasteiger charge is -2.07. The monoisotopic (exact) mass is 414 g/mol. The van der Waals surface area contributed by atoms with Crippen molar-refractivity contribution in [2.24, 2.45) is 0 Å². The Hall–Kier alpha value is -4.02. The van der Waals surface area contributed by atoms with Gasteiger partial charge in [0, 0.05) is 11.6 Å². The summed E-state index contributed by atoms with van der Waals surface area (Å²) in [5.41, 5.74) is 1.54. The molecule has 30 heavy (non-hydrogen) atoms. The highest BCUT2D eigenvalue weighted by Crippen LogP contribution is 2.31. The average Bonchev–Trinajstić information content (AvgIpc) is 3.39. The number of benzene rings is 2. The van der Waals surface area contributed by atoms with Crippen molar-refractivity contribution in [3.8, 4) is 22.9 Å². The molecule has 11 heteroatoms. The zero-order valence-electron chi connectivity index (χ0n) is 15.9. The number of alkyl halides is 2. The van der Waals surface area contributed by atoms with Gasteiger partial charge in [0.05, 0.1) is 30.8 Å². The van der Waals surface area contributed by atoms with Crippen molar-refractivity contribution in [1.29, 1.82) is 0 Å². The highest BCUT2D eigenvalue weighted by molar-refractivity contribution is 6.05. The second-order valence-electron chi connectivity index (χ2n) is 6.18. The van der Waals surface area contributed by atoms with E-state index in [1.54, 1.807) is 25.3 Å². The van der Waals surface area contributed by atoms with Crippen molar-refractivity contribution >= 4 is 22.9 Å². The van der Waals surface area contributed by atoms with Crippen LogP contribution in [0.5, 0.6) is 11.5 Å². The van der Waals surface area contributed by atoms with E-state index < -0.39 is 18.2 Å². The van der Waals surface area contributed by atoms with Crippen LogP contribution in [0.2, 0.25) is 0 Å². The van der Waals surface area contributed by atoms with Gasteiger partial charge in [-0.3, -0.25) is 15.2 Å². The third kappa shape index (κ3) is 3.64. The predicted octanol–water partition coefficient (Wildman–Crippen LogP) is 3.56. The number of H-pyrrole nitrogens is 2. The molecule has 0 atom stereocenters. The summed E-state index contributed by atoms with van der Waals surface area (Å²) >= 11 is 0. The lowest BCUT2D eigenvalue weighted by molar-refractivity contribution is 0.102. The van der Waals surface area contributed by atoms with E-state index in [0.29, 0.717) is 33.9 Å². The summed E-state index contributed by atoms with van der Waals surface area (Å²) in [4.78, 5) is 23.1.